The molecule has 0 saturated carbocycles. The highest BCUT2D eigenvalue weighted by atomic mass is 16.3. The number of benzene rings is 2. The highest BCUT2D eigenvalue weighted by molar-refractivity contribution is 6.06. The van der Waals surface area contributed by atoms with Gasteiger partial charge in [0.25, 0.3) is 11.8 Å². The van der Waals surface area contributed by atoms with Gasteiger partial charge in [0, 0.05) is 35.0 Å². The smallest absolute Gasteiger partial charge is 0.291 e. The van der Waals surface area contributed by atoms with Gasteiger partial charge in [0.2, 0.25) is 0 Å². The van der Waals surface area contributed by atoms with Gasteiger partial charge in [-0.05, 0) is 67.1 Å². The van der Waals surface area contributed by atoms with Gasteiger partial charge in [-0.25, -0.2) is 0 Å². The number of rotatable bonds is 5. The van der Waals surface area contributed by atoms with Crippen molar-refractivity contribution in [3.8, 4) is 5.69 Å². The predicted molar refractivity (Wildman–Crippen MR) is 112 cm³/mol. The van der Waals surface area contributed by atoms with Crippen molar-refractivity contribution < 1.29 is 14.0 Å². The van der Waals surface area contributed by atoms with Crippen LogP contribution in [0.4, 0.5) is 11.4 Å². The second-order valence-electron chi connectivity index (χ2n) is 6.56. The first-order valence-corrected chi connectivity index (χ1v) is 9.10. The van der Waals surface area contributed by atoms with Crippen LogP contribution in [-0.4, -0.2) is 16.4 Å². The molecular formula is C23H19N3O3. The third kappa shape index (κ3) is 4.11. The second kappa shape index (κ2) is 7.90. The fourth-order valence-corrected chi connectivity index (χ4v) is 3.00. The van der Waals surface area contributed by atoms with E-state index >= 15 is 0 Å². The summed E-state index contributed by atoms with van der Waals surface area (Å²) in [5.74, 6) is -0.363. The summed E-state index contributed by atoms with van der Waals surface area (Å²) < 4.78 is 7.06. The third-order valence-corrected chi connectivity index (χ3v) is 4.48. The number of hydrogen-bond donors (Lipinski definition) is 2. The zero-order chi connectivity index (χ0) is 20.2. The molecule has 0 aliphatic rings. The number of aromatic nitrogens is 1. The van der Waals surface area contributed by atoms with E-state index < -0.39 is 0 Å². The van der Waals surface area contributed by atoms with Crippen molar-refractivity contribution in [3.63, 3.8) is 0 Å². The summed E-state index contributed by atoms with van der Waals surface area (Å²) in [6, 6.07) is 19.6. The lowest BCUT2D eigenvalue weighted by atomic mass is 10.1. The lowest BCUT2D eigenvalue weighted by Gasteiger charge is -2.11. The molecule has 2 amide bonds. The molecule has 6 heteroatoms. The van der Waals surface area contributed by atoms with Crippen LogP contribution in [0.3, 0.4) is 0 Å². The number of amides is 2. The van der Waals surface area contributed by atoms with Crippen LogP contribution in [0, 0.1) is 6.92 Å². The van der Waals surface area contributed by atoms with Gasteiger partial charge in [0.05, 0.1) is 6.26 Å². The van der Waals surface area contributed by atoms with E-state index in [4.69, 9.17) is 4.42 Å². The zero-order valence-electron chi connectivity index (χ0n) is 15.8. The number of nitrogens with one attached hydrogen (secondary N) is 2. The molecule has 0 spiro atoms. The molecule has 4 rings (SSSR count). The number of carbonyl (C=O) groups is 2. The Kier molecular flexibility index (Phi) is 4.99. The number of hydrogen-bond acceptors (Lipinski definition) is 3. The van der Waals surface area contributed by atoms with Crippen LogP contribution in [0.2, 0.25) is 0 Å². The Balaban J connectivity index is 1.50. The Morgan fingerprint density at radius 1 is 0.828 bits per heavy atom. The van der Waals surface area contributed by atoms with Crippen molar-refractivity contribution in [1.82, 2.24) is 4.57 Å². The molecule has 2 aromatic carbocycles. The van der Waals surface area contributed by atoms with Crippen molar-refractivity contribution in [3.05, 3.63) is 102 Å². The Labute approximate surface area is 167 Å². The maximum Gasteiger partial charge on any atom is 0.291 e. The van der Waals surface area contributed by atoms with Gasteiger partial charge in [-0.1, -0.05) is 12.1 Å². The minimum Gasteiger partial charge on any atom is -0.459 e. The van der Waals surface area contributed by atoms with Crippen LogP contribution in [-0.2, 0) is 0 Å². The molecule has 6 nitrogen and oxygen atoms in total. The van der Waals surface area contributed by atoms with Gasteiger partial charge in [-0.2, -0.15) is 0 Å². The first-order valence-electron chi connectivity index (χ1n) is 9.10. The monoisotopic (exact) mass is 385 g/mol. The van der Waals surface area contributed by atoms with Crippen LogP contribution in [0.1, 0.15) is 26.5 Å². The van der Waals surface area contributed by atoms with Crippen LogP contribution < -0.4 is 10.6 Å². The fourth-order valence-electron chi connectivity index (χ4n) is 3.00. The molecule has 0 atom stereocenters. The molecule has 2 N–H and O–H groups in total. The molecule has 0 bridgehead atoms. The molecule has 144 valence electrons. The van der Waals surface area contributed by atoms with E-state index in [-0.39, 0.29) is 17.6 Å². The lowest BCUT2D eigenvalue weighted by Crippen LogP contribution is -2.14. The van der Waals surface area contributed by atoms with Gasteiger partial charge < -0.3 is 19.6 Å². The Hall–Kier alpha value is -4.06. The standard InChI is InChI=1S/C23H19N3O3/c1-16-9-10-17(14-20(16)26-11-2-3-12-26)22(27)24-18-6-4-7-19(15-18)25-23(28)21-8-5-13-29-21/h2-15H,1H3,(H,24,27)(H,25,28). The summed E-state index contributed by atoms with van der Waals surface area (Å²) in [5, 5.41) is 5.62. The summed E-state index contributed by atoms with van der Waals surface area (Å²) in [5.41, 5.74) is 3.70. The summed E-state index contributed by atoms with van der Waals surface area (Å²) >= 11 is 0. The summed E-state index contributed by atoms with van der Waals surface area (Å²) in [4.78, 5) is 24.9. The maximum absolute atomic E-state index is 12.7. The molecule has 0 fully saturated rings. The SMILES string of the molecule is Cc1ccc(C(=O)Nc2cccc(NC(=O)c3ccco3)c2)cc1-n1cccc1. The molecule has 0 unspecified atom stereocenters. The fraction of sp³-hybridized carbons (Fsp3) is 0.0435. The van der Waals surface area contributed by atoms with Gasteiger partial charge >= 0.3 is 0 Å². The van der Waals surface area contributed by atoms with Gasteiger partial charge in [-0.15, -0.1) is 0 Å². The Morgan fingerprint density at radius 3 is 2.24 bits per heavy atom. The molecule has 0 aliphatic heterocycles. The summed E-state index contributed by atoms with van der Waals surface area (Å²) in [6.45, 7) is 2.00. The van der Waals surface area contributed by atoms with Gasteiger partial charge in [0.1, 0.15) is 0 Å². The molecule has 0 saturated heterocycles. The number of furan rings is 1. The molecular weight excluding hydrogens is 366 g/mol. The van der Waals surface area contributed by atoms with Crippen LogP contribution in [0.15, 0.2) is 89.8 Å². The van der Waals surface area contributed by atoms with E-state index in [0.717, 1.165) is 11.3 Å². The minimum atomic E-state index is -0.353. The van der Waals surface area contributed by atoms with Crippen molar-refractivity contribution in [2.24, 2.45) is 0 Å². The van der Waals surface area contributed by atoms with Crippen molar-refractivity contribution in [2.45, 2.75) is 6.92 Å². The van der Waals surface area contributed by atoms with E-state index in [2.05, 4.69) is 10.6 Å². The normalized spacial score (nSPS) is 10.5. The van der Waals surface area contributed by atoms with E-state index in [9.17, 15) is 9.59 Å². The number of anilines is 2. The predicted octanol–water partition coefficient (Wildman–Crippen LogP) is 4.88. The third-order valence-electron chi connectivity index (χ3n) is 4.48. The van der Waals surface area contributed by atoms with E-state index in [1.165, 1.54) is 6.26 Å². The Bertz CT molecular complexity index is 1150. The quantitative estimate of drug-likeness (QED) is 0.514. The van der Waals surface area contributed by atoms with Crippen LogP contribution in [0.5, 0.6) is 0 Å². The molecule has 0 aliphatic carbocycles. The zero-order valence-corrected chi connectivity index (χ0v) is 15.8. The van der Waals surface area contributed by atoms with Crippen LogP contribution >= 0.6 is 0 Å². The first-order chi connectivity index (χ1) is 14.1. The van der Waals surface area contributed by atoms with Crippen molar-refractivity contribution in [1.29, 1.82) is 0 Å². The highest BCUT2D eigenvalue weighted by Gasteiger charge is 2.12. The van der Waals surface area contributed by atoms with E-state index in [1.54, 1.807) is 42.5 Å². The minimum absolute atomic E-state index is 0.219. The largest absolute Gasteiger partial charge is 0.459 e. The van der Waals surface area contributed by atoms with Gasteiger partial charge in [-0.3, -0.25) is 9.59 Å². The second-order valence-corrected chi connectivity index (χ2v) is 6.56. The molecule has 2 heterocycles. The summed E-state index contributed by atoms with van der Waals surface area (Å²) in [6.07, 6.45) is 5.32. The highest BCUT2D eigenvalue weighted by Crippen LogP contribution is 2.20. The average Bonchev–Trinajstić information content (AvgIpc) is 3.43. The van der Waals surface area contributed by atoms with E-state index in [0.29, 0.717) is 16.9 Å². The molecule has 29 heavy (non-hydrogen) atoms. The van der Waals surface area contributed by atoms with Crippen LogP contribution in [0.25, 0.3) is 5.69 Å². The maximum atomic E-state index is 12.7. The average molecular weight is 385 g/mol. The summed E-state index contributed by atoms with van der Waals surface area (Å²) in [7, 11) is 0. The number of aryl methyl sites for hydroxylation is 1. The van der Waals surface area contributed by atoms with Crippen molar-refractivity contribution >= 4 is 23.2 Å². The topological polar surface area (TPSA) is 76.3 Å². The number of nitrogens with zero attached hydrogens (tertiary/aromatic N) is 1. The van der Waals surface area contributed by atoms with E-state index in [1.807, 2.05) is 48.1 Å². The molecule has 0 radical (unpaired) electrons. The molecule has 2 aromatic heterocycles. The van der Waals surface area contributed by atoms with Crippen molar-refractivity contribution in [2.75, 3.05) is 10.6 Å². The Morgan fingerprint density at radius 2 is 1.55 bits per heavy atom. The number of carbonyl (C=O) groups excluding carboxylic acids is 2. The lowest BCUT2D eigenvalue weighted by molar-refractivity contribution is 0.0995. The van der Waals surface area contributed by atoms with Gasteiger partial charge in [0.15, 0.2) is 5.76 Å². The molecule has 4 aromatic rings. The first kappa shape index (κ1) is 18.3.